The summed E-state index contributed by atoms with van der Waals surface area (Å²) in [4.78, 5) is 16.2. The van der Waals surface area contributed by atoms with Crippen LogP contribution in [0, 0.1) is 6.92 Å². The zero-order valence-corrected chi connectivity index (χ0v) is 11.7. The van der Waals surface area contributed by atoms with Gasteiger partial charge in [-0.1, -0.05) is 48.0 Å². The van der Waals surface area contributed by atoms with Gasteiger partial charge in [-0.05, 0) is 37.1 Å². The molecule has 3 nitrogen and oxygen atoms in total. The maximum atomic E-state index is 11.9. The second kappa shape index (κ2) is 5.75. The summed E-state index contributed by atoms with van der Waals surface area (Å²) in [6.07, 6.45) is 2.47. The van der Waals surface area contributed by atoms with E-state index in [4.69, 9.17) is 4.74 Å². The molecule has 0 saturated carbocycles. The Kier molecular flexibility index (Phi) is 3.65. The number of allylic oxidation sites excluding steroid dienone is 1. The van der Waals surface area contributed by atoms with Crippen molar-refractivity contribution in [3.05, 3.63) is 83.1 Å². The van der Waals surface area contributed by atoms with Gasteiger partial charge >= 0.3 is 5.97 Å². The average molecular weight is 277 g/mol. The molecule has 0 saturated heterocycles. The SMILES string of the molecule is Cc1cccc(C2=N/C(=C\Cc3ccccc3)C(=O)O2)c1. The molecule has 104 valence electrons. The zero-order valence-electron chi connectivity index (χ0n) is 11.7. The number of aliphatic imine (C=N–C) groups is 1. The molecular weight excluding hydrogens is 262 g/mol. The van der Waals surface area contributed by atoms with Gasteiger partial charge in [-0.15, -0.1) is 0 Å². The van der Waals surface area contributed by atoms with E-state index in [9.17, 15) is 4.79 Å². The van der Waals surface area contributed by atoms with Crippen LogP contribution in [0.25, 0.3) is 0 Å². The number of hydrogen-bond acceptors (Lipinski definition) is 3. The highest BCUT2D eigenvalue weighted by molar-refractivity contribution is 6.11. The quantitative estimate of drug-likeness (QED) is 0.637. The minimum atomic E-state index is -0.387. The third kappa shape index (κ3) is 3.08. The highest BCUT2D eigenvalue weighted by atomic mass is 16.6. The van der Waals surface area contributed by atoms with Gasteiger partial charge in [-0.3, -0.25) is 0 Å². The van der Waals surface area contributed by atoms with Gasteiger partial charge in [-0.2, -0.15) is 0 Å². The van der Waals surface area contributed by atoms with E-state index in [2.05, 4.69) is 4.99 Å². The van der Waals surface area contributed by atoms with Crippen molar-refractivity contribution < 1.29 is 9.53 Å². The van der Waals surface area contributed by atoms with Crippen LogP contribution in [0.5, 0.6) is 0 Å². The molecule has 0 amide bonds. The normalized spacial score (nSPS) is 16.0. The summed E-state index contributed by atoms with van der Waals surface area (Å²) >= 11 is 0. The second-order valence-corrected chi connectivity index (χ2v) is 4.96. The lowest BCUT2D eigenvalue weighted by molar-refractivity contribution is -0.130. The van der Waals surface area contributed by atoms with Gasteiger partial charge in [0.2, 0.25) is 5.90 Å². The molecule has 0 aromatic heterocycles. The van der Waals surface area contributed by atoms with Crippen molar-refractivity contribution >= 4 is 11.9 Å². The van der Waals surface area contributed by atoms with Crippen LogP contribution in [0.4, 0.5) is 0 Å². The first-order chi connectivity index (χ1) is 10.2. The summed E-state index contributed by atoms with van der Waals surface area (Å²) in [7, 11) is 0. The van der Waals surface area contributed by atoms with E-state index in [0.29, 0.717) is 18.0 Å². The van der Waals surface area contributed by atoms with Crippen LogP contribution in [0.2, 0.25) is 0 Å². The molecule has 2 aromatic rings. The third-order valence-corrected chi connectivity index (χ3v) is 3.26. The van der Waals surface area contributed by atoms with Gasteiger partial charge in [0.1, 0.15) is 5.70 Å². The highest BCUT2D eigenvalue weighted by Crippen LogP contribution is 2.17. The van der Waals surface area contributed by atoms with E-state index >= 15 is 0 Å². The van der Waals surface area contributed by atoms with Gasteiger partial charge < -0.3 is 4.74 Å². The molecule has 0 unspecified atom stereocenters. The fourth-order valence-corrected chi connectivity index (χ4v) is 2.18. The Hall–Kier alpha value is -2.68. The van der Waals surface area contributed by atoms with E-state index in [-0.39, 0.29) is 5.97 Å². The topological polar surface area (TPSA) is 38.7 Å². The Balaban J connectivity index is 1.82. The lowest BCUT2D eigenvalue weighted by Gasteiger charge is -1.99. The van der Waals surface area contributed by atoms with E-state index in [1.165, 1.54) is 0 Å². The Morgan fingerprint density at radius 2 is 1.90 bits per heavy atom. The first-order valence-corrected chi connectivity index (χ1v) is 6.84. The first-order valence-electron chi connectivity index (χ1n) is 6.84. The van der Waals surface area contributed by atoms with Crippen LogP contribution in [0.1, 0.15) is 16.7 Å². The number of carbonyl (C=O) groups is 1. The minimum Gasteiger partial charge on any atom is -0.402 e. The predicted octanol–water partition coefficient (Wildman–Crippen LogP) is 3.43. The second-order valence-electron chi connectivity index (χ2n) is 4.96. The van der Waals surface area contributed by atoms with Crippen molar-refractivity contribution in [3.8, 4) is 0 Å². The van der Waals surface area contributed by atoms with Crippen molar-refractivity contribution in [1.82, 2.24) is 0 Å². The number of cyclic esters (lactones) is 1. The zero-order chi connectivity index (χ0) is 14.7. The van der Waals surface area contributed by atoms with E-state index < -0.39 is 0 Å². The van der Waals surface area contributed by atoms with Crippen molar-refractivity contribution in [2.45, 2.75) is 13.3 Å². The molecular formula is C18H15NO2. The van der Waals surface area contributed by atoms with Gasteiger partial charge in [-0.25, -0.2) is 9.79 Å². The van der Waals surface area contributed by atoms with Gasteiger partial charge in [0.25, 0.3) is 0 Å². The fraction of sp³-hybridized carbons (Fsp3) is 0.111. The van der Waals surface area contributed by atoms with Crippen LogP contribution < -0.4 is 0 Å². The fourth-order valence-electron chi connectivity index (χ4n) is 2.18. The summed E-state index contributed by atoms with van der Waals surface area (Å²) < 4.78 is 5.25. The maximum absolute atomic E-state index is 11.9. The summed E-state index contributed by atoms with van der Waals surface area (Å²) in [6, 6.07) is 17.7. The molecule has 0 bridgehead atoms. The first kappa shape index (κ1) is 13.3. The minimum absolute atomic E-state index is 0.371. The Morgan fingerprint density at radius 3 is 2.67 bits per heavy atom. The molecule has 2 aromatic carbocycles. The highest BCUT2D eigenvalue weighted by Gasteiger charge is 2.23. The molecule has 0 atom stereocenters. The largest absolute Gasteiger partial charge is 0.402 e. The monoisotopic (exact) mass is 277 g/mol. The molecule has 0 radical (unpaired) electrons. The Labute approximate surface area is 123 Å². The number of ether oxygens (including phenoxy) is 1. The van der Waals surface area contributed by atoms with Crippen molar-refractivity contribution in [3.63, 3.8) is 0 Å². The van der Waals surface area contributed by atoms with Gasteiger partial charge in [0.05, 0.1) is 0 Å². The number of benzene rings is 2. The molecule has 0 N–H and O–H groups in total. The molecule has 1 aliphatic heterocycles. The average Bonchev–Trinajstić information content (AvgIpc) is 2.87. The Bertz CT molecular complexity index is 730. The summed E-state index contributed by atoms with van der Waals surface area (Å²) in [5.41, 5.74) is 3.44. The molecule has 0 spiro atoms. The molecule has 3 rings (SSSR count). The summed E-state index contributed by atoms with van der Waals surface area (Å²) in [5, 5.41) is 0. The number of rotatable bonds is 3. The molecule has 21 heavy (non-hydrogen) atoms. The van der Waals surface area contributed by atoms with Crippen LogP contribution >= 0.6 is 0 Å². The number of carbonyl (C=O) groups excluding carboxylic acids is 1. The van der Waals surface area contributed by atoms with Gasteiger partial charge in [0, 0.05) is 5.56 Å². The lowest BCUT2D eigenvalue weighted by Crippen LogP contribution is -2.05. The maximum Gasteiger partial charge on any atom is 0.363 e. The van der Waals surface area contributed by atoms with E-state index in [0.717, 1.165) is 16.7 Å². The number of nitrogens with zero attached hydrogens (tertiary/aromatic N) is 1. The number of esters is 1. The smallest absolute Gasteiger partial charge is 0.363 e. The van der Waals surface area contributed by atoms with Crippen LogP contribution in [-0.2, 0) is 16.0 Å². The molecule has 0 fully saturated rings. The lowest BCUT2D eigenvalue weighted by atomic mass is 10.1. The molecule has 3 heteroatoms. The van der Waals surface area contributed by atoms with E-state index in [1.807, 2.05) is 61.5 Å². The van der Waals surface area contributed by atoms with Crippen LogP contribution in [-0.4, -0.2) is 11.9 Å². The third-order valence-electron chi connectivity index (χ3n) is 3.26. The molecule has 0 aliphatic carbocycles. The molecule has 1 aliphatic rings. The van der Waals surface area contributed by atoms with Gasteiger partial charge in [0.15, 0.2) is 0 Å². The number of aryl methyl sites for hydroxylation is 1. The van der Waals surface area contributed by atoms with Crippen molar-refractivity contribution in [2.75, 3.05) is 0 Å². The molecule has 1 heterocycles. The van der Waals surface area contributed by atoms with Crippen molar-refractivity contribution in [1.29, 1.82) is 0 Å². The summed E-state index contributed by atoms with van der Waals surface area (Å²) in [6.45, 7) is 1.99. The van der Waals surface area contributed by atoms with Crippen LogP contribution in [0.3, 0.4) is 0 Å². The summed E-state index contributed by atoms with van der Waals surface area (Å²) in [5.74, 6) is -0.00884. The van der Waals surface area contributed by atoms with Crippen molar-refractivity contribution in [2.24, 2.45) is 4.99 Å². The Morgan fingerprint density at radius 1 is 1.10 bits per heavy atom. The standard InChI is InChI=1S/C18H15NO2/c1-13-6-5-9-15(12-13)17-19-16(18(20)21-17)11-10-14-7-3-2-4-8-14/h2-9,11-12H,10H2,1H3/b16-11-. The van der Waals surface area contributed by atoms with E-state index in [1.54, 1.807) is 6.08 Å². The van der Waals surface area contributed by atoms with Crippen LogP contribution in [0.15, 0.2) is 71.4 Å². The number of hydrogen-bond donors (Lipinski definition) is 0. The predicted molar refractivity (Wildman–Crippen MR) is 82.0 cm³/mol.